The highest BCUT2D eigenvalue weighted by Crippen LogP contribution is 2.35. The molecule has 2 atom stereocenters. The van der Waals surface area contributed by atoms with Crippen LogP contribution >= 0.6 is 22.9 Å². The Kier molecular flexibility index (Phi) is 8.60. The number of halogens is 2. The Morgan fingerprint density at radius 1 is 1.17 bits per heavy atom. The van der Waals surface area contributed by atoms with Gasteiger partial charge in [0.25, 0.3) is 5.91 Å². The van der Waals surface area contributed by atoms with Crippen LogP contribution in [0.1, 0.15) is 40.2 Å². The van der Waals surface area contributed by atoms with Crippen LogP contribution in [0.2, 0.25) is 5.02 Å². The molecule has 5 rings (SSSR count). The summed E-state index contributed by atoms with van der Waals surface area (Å²) < 4.78 is 25.0. The highest BCUT2D eigenvalue weighted by atomic mass is 35.5. The molecule has 2 aliphatic heterocycles. The van der Waals surface area contributed by atoms with Crippen LogP contribution < -0.4 is 16.4 Å². The Balaban J connectivity index is 1.23. The number of amidine groups is 1. The molecular weight excluding hydrogens is 585 g/mol. The van der Waals surface area contributed by atoms with Crippen molar-refractivity contribution in [1.82, 2.24) is 15.5 Å². The van der Waals surface area contributed by atoms with Gasteiger partial charge in [0, 0.05) is 33.4 Å². The summed E-state index contributed by atoms with van der Waals surface area (Å²) in [5, 5.41) is 15.1. The normalized spacial score (nSPS) is 18.2. The van der Waals surface area contributed by atoms with Gasteiger partial charge in [-0.2, -0.15) is 0 Å². The summed E-state index contributed by atoms with van der Waals surface area (Å²) in [6.07, 6.45) is 0.155. The monoisotopic (exact) mass is 613 g/mol. The summed E-state index contributed by atoms with van der Waals surface area (Å²) in [5.41, 5.74) is 7.77. The Bertz CT molecular complexity index is 1520. The minimum absolute atomic E-state index is 0.0504. The first-order valence-corrected chi connectivity index (χ1v) is 14.5. The number of nitrogens with one attached hydrogen (secondary N) is 3. The molecule has 2 fully saturated rings. The SMILES string of the molecule is C[C@@H](NC(=O)C1CC2(CN1C(=O)CNC(=O)c1ccc(-c3ccc(F)cc3Cl)cc1)OCCO2)c1cc(C(=N)N)cs1. The second-order valence-electron chi connectivity index (χ2n) is 10.1. The Morgan fingerprint density at radius 2 is 1.88 bits per heavy atom. The van der Waals surface area contributed by atoms with Crippen LogP contribution in [0.5, 0.6) is 0 Å². The maximum atomic E-state index is 13.4. The number of carbonyl (C=O) groups excluding carboxylic acids is 3. The summed E-state index contributed by atoms with van der Waals surface area (Å²) in [4.78, 5) is 41.7. The van der Waals surface area contributed by atoms with Gasteiger partial charge in [0.2, 0.25) is 11.8 Å². The summed E-state index contributed by atoms with van der Waals surface area (Å²) in [5.74, 6) is -2.90. The van der Waals surface area contributed by atoms with Crippen LogP contribution in [-0.4, -0.2) is 66.6 Å². The van der Waals surface area contributed by atoms with Crippen molar-refractivity contribution in [1.29, 1.82) is 5.41 Å². The Labute approximate surface area is 250 Å². The fourth-order valence-electron chi connectivity index (χ4n) is 5.03. The van der Waals surface area contributed by atoms with Crippen LogP contribution in [0.25, 0.3) is 11.1 Å². The average molecular weight is 614 g/mol. The lowest BCUT2D eigenvalue weighted by atomic mass is 10.0. The molecule has 1 unspecified atom stereocenters. The molecule has 2 saturated heterocycles. The molecule has 13 heteroatoms. The van der Waals surface area contributed by atoms with Crippen molar-refractivity contribution in [2.75, 3.05) is 26.3 Å². The Morgan fingerprint density at radius 3 is 2.52 bits per heavy atom. The lowest BCUT2D eigenvalue weighted by Crippen LogP contribution is -2.49. The second-order valence-corrected chi connectivity index (χ2v) is 11.5. The van der Waals surface area contributed by atoms with Crippen molar-refractivity contribution in [2.45, 2.75) is 31.2 Å². The molecule has 5 N–H and O–H groups in total. The standard InChI is InChI=1S/C29H29ClFN5O5S/c1-16(24-10-19(14-42-24)26(32)33)35-28(39)23-12-29(40-8-9-41-29)15-36(23)25(37)13-34-27(38)18-4-2-17(3-5-18)21-7-6-20(31)11-22(21)30/h2-7,10-11,14,16,23H,8-9,12-13,15H2,1H3,(H3,32,33)(H,34,38)(H,35,39)/t16-,23?/m1/s1. The van der Waals surface area contributed by atoms with E-state index in [2.05, 4.69) is 10.6 Å². The van der Waals surface area contributed by atoms with Crippen molar-refractivity contribution in [2.24, 2.45) is 5.73 Å². The van der Waals surface area contributed by atoms with Crippen molar-refractivity contribution in [3.8, 4) is 11.1 Å². The molecule has 2 aromatic carbocycles. The number of amides is 3. The first-order chi connectivity index (χ1) is 20.0. The number of thiophene rings is 1. The molecule has 0 saturated carbocycles. The van der Waals surface area contributed by atoms with E-state index in [9.17, 15) is 18.8 Å². The molecule has 1 aromatic heterocycles. The van der Waals surface area contributed by atoms with Gasteiger partial charge >= 0.3 is 0 Å². The number of nitrogen functional groups attached to an aromatic ring is 1. The molecule has 10 nitrogen and oxygen atoms in total. The van der Waals surface area contributed by atoms with E-state index in [-0.39, 0.29) is 42.3 Å². The minimum Gasteiger partial charge on any atom is -0.384 e. The molecular formula is C29H29ClFN5O5S. The second kappa shape index (κ2) is 12.2. The van der Waals surface area contributed by atoms with E-state index >= 15 is 0 Å². The number of rotatable bonds is 8. The summed E-state index contributed by atoms with van der Waals surface area (Å²) >= 11 is 7.52. The van der Waals surface area contributed by atoms with Gasteiger partial charge in [-0.25, -0.2) is 4.39 Å². The van der Waals surface area contributed by atoms with E-state index in [0.29, 0.717) is 35.5 Å². The van der Waals surface area contributed by atoms with E-state index in [0.717, 1.165) is 4.88 Å². The predicted molar refractivity (Wildman–Crippen MR) is 156 cm³/mol. The highest BCUT2D eigenvalue weighted by Gasteiger charge is 2.52. The first-order valence-electron chi connectivity index (χ1n) is 13.2. The van der Waals surface area contributed by atoms with Gasteiger partial charge < -0.3 is 30.7 Å². The maximum Gasteiger partial charge on any atom is 0.251 e. The smallest absolute Gasteiger partial charge is 0.251 e. The van der Waals surface area contributed by atoms with Crippen LogP contribution in [0.15, 0.2) is 53.9 Å². The fraction of sp³-hybridized carbons (Fsp3) is 0.310. The molecule has 2 aliphatic rings. The third kappa shape index (κ3) is 6.31. The molecule has 3 aromatic rings. The molecule has 3 heterocycles. The fourth-order valence-corrected chi connectivity index (χ4v) is 6.22. The molecule has 1 spiro atoms. The van der Waals surface area contributed by atoms with Crippen LogP contribution in [-0.2, 0) is 19.1 Å². The number of nitrogens with zero attached hydrogens (tertiary/aromatic N) is 1. The molecule has 42 heavy (non-hydrogen) atoms. The van der Waals surface area contributed by atoms with E-state index in [1.807, 2.05) is 6.92 Å². The lowest BCUT2D eigenvalue weighted by molar-refractivity contribution is -0.152. The zero-order valence-corrected chi connectivity index (χ0v) is 24.2. The zero-order valence-electron chi connectivity index (χ0n) is 22.6. The molecule has 220 valence electrons. The third-order valence-electron chi connectivity index (χ3n) is 7.23. The number of hydrogen-bond donors (Lipinski definition) is 4. The number of likely N-dealkylation sites (tertiary alicyclic amines) is 1. The predicted octanol–water partition coefficient (Wildman–Crippen LogP) is 3.44. The van der Waals surface area contributed by atoms with Gasteiger partial charge in [-0.15, -0.1) is 11.3 Å². The third-order valence-corrected chi connectivity index (χ3v) is 8.66. The van der Waals surface area contributed by atoms with E-state index in [1.165, 1.54) is 28.4 Å². The summed E-state index contributed by atoms with van der Waals surface area (Å²) in [6, 6.07) is 11.1. The molecule has 0 radical (unpaired) electrons. The number of carbonyl (C=O) groups is 3. The van der Waals surface area contributed by atoms with E-state index < -0.39 is 29.5 Å². The highest BCUT2D eigenvalue weighted by molar-refractivity contribution is 7.10. The first kappa shape index (κ1) is 29.6. The van der Waals surface area contributed by atoms with Crippen LogP contribution in [0.3, 0.4) is 0 Å². The number of benzene rings is 2. The largest absolute Gasteiger partial charge is 0.384 e. The minimum atomic E-state index is -1.08. The Hall–Kier alpha value is -3.84. The van der Waals surface area contributed by atoms with Crippen LogP contribution in [0, 0.1) is 11.2 Å². The molecule has 0 aliphatic carbocycles. The van der Waals surface area contributed by atoms with Crippen molar-refractivity contribution in [3.63, 3.8) is 0 Å². The van der Waals surface area contributed by atoms with Crippen molar-refractivity contribution >= 4 is 46.5 Å². The quantitative estimate of drug-likeness (QED) is 0.226. The lowest BCUT2D eigenvalue weighted by Gasteiger charge is -2.25. The average Bonchev–Trinajstić information content (AvgIpc) is 3.72. The van der Waals surface area contributed by atoms with Gasteiger partial charge in [0.1, 0.15) is 17.7 Å². The number of hydrogen-bond acceptors (Lipinski definition) is 7. The van der Waals surface area contributed by atoms with Crippen LogP contribution in [0.4, 0.5) is 4.39 Å². The summed E-state index contributed by atoms with van der Waals surface area (Å²) in [6.45, 7) is 2.22. The van der Waals surface area contributed by atoms with Gasteiger partial charge in [-0.1, -0.05) is 23.7 Å². The van der Waals surface area contributed by atoms with Gasteiger partial charge in [-0.3, -0.25) is 19.8 Å². The van der Waals surface area contributed by atoms with E-state index in [4.69, 9.17) is 32.2 Å². The van der Waals surface area contributed by atoms with Gasteiger partial charge in [0.15, 0.2) is 5.79 Å². The van der Waals surface area contributed by atoms with Gasteiger partial charge in [0.05, 0.1) is 37.4 Å². The molecule has 0 bridgehead atoms. The maximum absolute atomic E-state index is 13.4. The number of nitrogens with two attached hydrogens (primary N) is 1. The molecule has 3 amide bonds. The number of ether oxygens (including phenoxy) is 2. The van der Waals surface area contributed by atoms with Gasteiger partial charge in [-0.05, 0) is 48.9 Å². The van der Waals surface area contributed by atoms with E-state index in [1.54, 1.807) is 41.8 Å². The summed E-state index contributed by atoms with van der Waals surface area (Å²) in [7, 11) is 0. The van der Waals surface area contributed by atoms with Crippen molar-refractivity contribution in [3.05, 3.63) is 80.8 Å². The van der Waals surface area contributed by atoms with Crippen molar-refractivity contribution < 1.29 is 28.2 Å². The zero-order chi connectivity index (χ0) is 30.0. The topological polar surface area (TPSA) is 147 Å².